The first-order valence-electron chi connectivity index (χ1n) is 5.56. The van der Waals surface area contributed by atoms with Crippen molar-refractivity contribution in [2.45, 2.75) is 13.0 Å². The summed E-state index contributed by atoms with van der Waals surface area (Å²) in [6.45, 7) is 2.84. The van der Waals surface area contributed by atoms with E-state index in [1.807, 2.05) is 0 Å². The molecule has 0 aromatic carbocycles. The highest BCUT2D eigenvalue weighted by molar-refractivity contribution is 5.93. The van der Waals surface area contributed by atoms with Crippen LogP contribution in [0.1, 0.15) is 16.1 Å². The van der Waals surface area contributed by atoms with E-state index < -0.39 is 6.10 Å². The molecule has 7 heteroatoms. The Labute approximate surface area is 104 Å². The van der Waals surface area contributed by atoms with Gasteiger partial charge in [0, 0.05) is 12.1 Å². The van der Waals surface area contributed by atoms with E-state index in [0.717, 1.165) is 5.56 Å². The third-order valence-electron chi connectivity index (χ3n) is 2.86. The Morgan fingerprint density at radius 3 is 3.06 bits per heavy atom. The van der Waals surface area contributed by atoms with Gasteiger partial charge in [0.25, 0.3) is 5.91 Å². The smallest absolute Gasteiger partial charge is 0.290 e. The van der Waals surface area contributed by atoms with Crippen LogP contribution in [-0.2, 0) is 4.74 Å². The van der Waals surface area contributed by atoms with Crippen LogP contribution in [0.25, 0.3) is 0 Å². The lowest BCUT2D eigenvalue weighted by molar-refractivity contribution is 0.00530. The van der Waals surface area contributed by atoms with Gasteiger partial charge in [0.2, 0.25) is 0 Å². The molecule has 2 rings (SSSR count). The monoisotopic (exact) mass is 253 g/mol. The van der Waals surface area contributed by atoms with E-state index in [9.17, 15) is 4.79 Å². The maximum atomic E-state index is 12.2. The van der Waals surface area contributed by atoms with Crippen LogP contribution in [0.5, 0.6) is 0 Å². The second-order valence-corrected chi connectivity index (χ2v) is 4.07. The van der Waals surface area contributed by atoms with Gasteiger partial charge in [0.05, 0.1) is 19.4 Å². The van der Waals surface area contributed by atoms with E-state index in [0.29, 0.717) is 18.9 Å². The number of ether oxygens (including phenoxy) is 1. The van der Waals surface area contributed by atoms with Crippen molar-refractivity contribution in [3.63, 3.8) is 0 Å². The Morgan fingerprint density at radius 1 is 1.67 bits per heavy atom. The molecular formula is C11H15N3O4. The van der Waals surface area contributed by atoms with Crippen LogP contribution < -0.4 is 5.73 Å². The Balaban J connectivity index is 2.10. The molecule has 1 atom stereocenters. The minimum atomic E-state index is -0.581. The topological polar surface area (TPSA) is 101 Å². The van der Waals surface area contributed by atoms with E-state index in [2.05, 4.69) is 5.16 Å². The van der Waals surface area contributed by atoms with E-state index in [1.54, 1.807) is 17.9 Å². The summed E-state index contributed by atoms with van der Waals surface area (Å²) >= 11 is 0. The number of morpholine rings is 1. The molecule has 0 aliphatic carbocycles. The van der Waals surface area contributed by atoms with E-state index in [1.165, 1.54) is 6.26 Å². The third kappa shape index (κ3) is 2.30. The number of amides is 1. The molecule has 1 fully saturated rings. The molecule has 18 heavy (non-hydrogen) atoms. The van der Waals surface area contributed by atoms with Gasteiger partial charge in [-0.2, -0.15) is 0 Å². The molecule has 7 nitrogen and oxygen atoms in total. The highest BCUT2D eigenvalue weighted by atomic mass is 16.5. The summed E-state index contributed by atoms with van der Waals surface area (Å²) in [7, 11) is 0. The van der Waals surface area contributed by atoms with Crippen LogP contribution in [0.3, 0.4) is 0 Å². The van der Waals surface area contributed by atoms with Gasteiger partial charge in [-0.25, -0.2) is 0 Å². The summed E-state index contributed by atoms with van der Waals surface area (Å²) in [5.41, 5.74) is 6.26. The summed E-state index contributed by atoms with van der Waals surface area (Å²) in [5, 5.41) is 11.5. The van der Waals surface area contributed by atoms with Gasteiger partial charge in [0.15, 0.2) is 11.6 Å². The lowest BCUT2D eigenvalue weighted by Gasteiger charge is -2.31. The molecule has 98 valence electrons. The van der Waals surface area contributed by atoms with Gasteiger partial charge >= 0.3 is 0 Å². The van der Waals surface area contributed by atoms with E-state index in [4.69, 9.17) is 20.1 Å². The van der Waals surface area contributed by atoms with Crippen molar-refractivity contribution in [2.24, 2.45) is 10.9 Å². The van der Waals surface area contributed by atoms with E-state index >= 15 is 0 Å². The van der Waals surface area contributed by atoms with Gasteiger partial charge < -0.3 is 25.0 Å². The molecule has 0 spiro atoms. The number of nitrogens with two attached hydrogens (primary N) is 1. The van der Waals surface area contributed by atoms with Gasteiger partial charge in [-0.15, -0.1) is 0 Å². The summed E-state index contributed by atoms with van der Waals surface area (Å²) in [6.07, 6.45) is 0.896. The zero-order valence-corrected chi connectivity index (χ0v) is 10.00. The van der Waals surface area contributed by atoms with Gasteiger partial charge in [0.1, 0.15) is 6.10 Å². The average molecular weight is 253 g/mol. The number of hydrogen-bond acceptors (Lipinski definition) is 5. The highest BCUT2D eigenvalue weighted by Gasteiger charge is 2.29. The molecule has 0 bridgehead atoms. The number of rotatable bonds is 2. The molecule has 1 aliphatic heterocycles. The van der Waals surface area contributed by atoms with Gasteiger partial charge in [-0.05, 0) is 13.0 Å². The van der Waals surface area contributed by atoms with Crippen LogP contribution in [0, 0.1) is 6.92 Å². The number of oxime groups is 1. The number of nitrogens with zero attached hydrogens (tertiary/aromatic N) is 2. The zero-order valence-electron chi connectivity index (χ0n) is 10.00. The standard InChI is InChI=1S/C11H15N3O4/c1-7-2-4-18-9(7)11(15)14-3-5-17-8(6-14)10(12)13-16/h2,4,8,16H,3,5-6H2,1H3,(H2,12,13). The van der Waals surface area contributed by atoms with Crippen molar-refractivity contribution in [3.8, 4) is 0 Å². The lowest BCUT2D eigenvalue weighted by atomic mass is 10.2. The van der Waals surface area contributed by atoms with Crippen molar-refractivity contribution >= 4 is 11.7 Å². The minimum Gasteiger partial charge on any atom is -0.459 e. The third-order valence-corrected chi connectivity index (χ3v) is 2.86. The van der Waals surface area contributed by atoms with E-state index in [-0.39, 0.29) is 18.3 Å². The number of carbonyl (C=O) groups excluding carboxylic acids is 1. The number of amidine groups is 1. The lowest BCUT2D eigenvalue weighted by Crippen LogP contribution is -2.50. The molecule has 2 heterocycles. The van der Waals surface area contributed by atoms with Crippen molar-refractivity contribution < 1.29 is 19.2 Å². The molecule has 0 saturated carbocycles. The fourth-order valence-electron chi connectivity index (χ4n) is 1.81. The number of carbonyl (C=O) groups is 1. The van der Waals surface area contributed by atoms with Crippen LogP contribution in [0.15, 0.2) is 21.9 Å². The molecule has 1 saturated heterocycles. The highest BCUT2D eigenvalue weighted by Crippen LogP contribution is 2.15. The predicted octanol–water partition coefficient (Wildman–Crippen LogP) is 0.175. The molecule has 1 amide bonds. The second-order valence-electron chi connectivity index (χ2n) is 4.07. The molecule has 0 radical (unpaired) electrons. The van der Waals surface area contributed by atoms with Crippen molar-refractivity contribution in [1.82, 2.24) is 4.90 Å². The summed E-state index contributed by atoms with van der Waals surface area (Å²) < 4.78 is 10.5. The number of furan rings is 1. The van der Waals surface area contributed by atoms with Gasteiger partial charge in [-0.3, -0.25) is 4.79 Å². The molecule has 1 aromatic rings. The Hall–Kier alpha value is -2.02. The van der Waals surface area contributed by atoms with Crippen molar-refractivity contribution in [3.05, 3.63) is 23.7 Å². The Morgan fingerprint density at radius 2 is 2.44 bits per heavy atom. The van der Waals surface area contributed by atoms with Crippen molar-refractivity contribution in [1.29, 1.82) is 0 Å². The quantitative estimate of drug-likeness (QED) is 0.339. The van der Waals surface area contributed by atoms with Crippen molar-refractivity contribution in [2.75, 3.05) is 19.7 Å². The second kappa shape index (κ2) is 5.09. The molecule has 3 N–H and O–H groups in total. The maximum absolute atomic E-state index is 12.2. The SMILES string of the molecule is Cc1ccoc1C(=O)N1CCOC(C(N)=NO)C1. The van der Waals surface area contributed by atoms with Crippen LogP contribution >= 0.6 is 0 Å². The Bertz CT molecular complexity index is 469. The normalized spacial score (nSPS) is 21.1. The molecule has 1 unspecified atom stereocenters. The largest absolute Gasteiger partial charge is 0.459 e. The fraction of sp³-hybridized carbons (Fsp3) is 0.455. The summed E-state index contributed by atoms with van der Waals surface area (Å²) in [5.74, 6) is 0.0652. The first kappa shape index (κ1) is 12.4. The molecule has 1 aliphatic rings. The molecular weight excluding hydrogens is 238 g/mol. The summed E-state index contributed by atoms with van der Waals surface area (Å²) in [6, 6.07) is 1.73. The van der Waals surface area contributed by atoms with Crippen LogP contribution in [-0.4, -0.2) is 47.7 Å². The number of hydrogen-bond donors (Lipinski definition) is 2. The first-order chi connectivity index (χ1) is 8.63. The van der Waals surface area contributed by atoms with Crippen LogP contribution in [0.2, 0.25) is 0 Å². The van der Waals surface area contributed by atoms with Crippen LogP contribution in [0.4, 0.5) is 0 Å². The fourth-order valence-corrected chi connectivity index (χ4v) is 1.81. The first-order valence-corrected chi connectivity index (χ1v) is 5.56. The molecule has 1 aromatic heterocycles. The summed E-state index contributed by atoms with van der Waals surface area (Å²) in [4.78, 5) is 13.7. The number of aryl methyl sites for hydroxylation is 1. The maximum Gasteiger partial charge on any atom is 0.290 e. The average Bonchev–Trinajstić information content (AvgIpc) is 2.83. The Kier molecular flexibility index (Phi) is 3.52. The predicted molar refractivity (Wildman–Crippen MR) is 62.5 cm³/mol. The minimum absolute atomic E-state index is 0.0383. The van der Waals surface area contributed by atoms with Gasteiger partial charge in [-0.1, -0.05) is 5.16 Å². The zero-order chi connectivity index (χ0) is 13.1.